The van der Waals surface area contributed by atoms with Gasteiger partial charge in [-0.2, -0.15) is 0 Å². The molecular formula is C30H45ClO5. The minimum Gasteiger partial charge on any atom is -0.489 e. The van der Waals surface area contributed by atoms with Gasteiger partial charge >= 0.3 is 5.97 Å². The fourth-order valence-electron chi connectivity index (χ4n) is 4.01. The van der Waals surface area contributed by atoms with Crippen molar-refractivity contribution in [2.24, 2.45) is 0 Å². The molecule has 0 amide bonds. The molecule has 0 saturated heterocycles. The first-order valence-corrected chi connectivity index (χ1v) is 14.3. The quantitative estimate of drug-likeness (QED) is 0.105. The molecule has 0 saturated carbocycles. The smallest absolute Gasteiger partial charge is 0.311 e. The van der Waals surface area contributed by atoms with Crippen LogP contribution < -0.4 is 18.9 Å². The zero-order valence-electron chi connectivity index (χ0n) is 22.8. The third-order valence-corrected chi connectivity index (χ3v) is 6.17. The van der Waals surface area contributed by atoms with Crippen molar-refractivity contribution >= 4 is 28.3 Å². The van der Waals surface area contributed by atoms with Gasteiger partial charge in [0.1, 0.15) is 0 Å². The van der Waals surface area contributed by atoms with Crippen LogP contribution in [0.1, 0.15) is 105 Å². The normalized spacial score (nSPS) is 11.0. The maximum atomic E-state index is 12.9. The molecule has 36 heavy (non-hydrogen) atoms. The summed E-state index contributed by atoms with van der Waals surface area (Å²) in [7, 11) is 0. The zero-order chi connectivity index (χ0) is 26.2. The van der Waals surface area contributed by atoms with E-state index in [0.717, 1.165) is 62.1 Å². The predicted molar refractivity (Wildman–Crippen MR) is 149 cm³/mol. The highest BCUT2D eigenvalue weighted by Gasteiger charge is 2.26. The first-order chi connectivity index (χ1) is 17.6. The summed E-state index contributed by atoms with van der Waals surface area (Å²) in [6.45, 7) is 9.99. The molecule has 0 heterocycles. The standard InChI is InChI=1S/C30H45ClO5/c1-5-9-11-13-14-16-26(32)36-28-24-18-17-23(31)22-25(24)27(35-21-15-12-10-6-2)29(33-19-7-3)30(28)34-20-8-4/h17-18,22H,5-16,19-21H2,1-4H3. The Kier molecular flexibility index (Phi) is 14.5. The third kappa shape index (κ3) is 9.38. The fourth-order valence-corrected chi connectivity index (χ4v) is 4.18. The maximum absolute atomic E-state index is 12.9. The van der Waals surface area contributed by atoms with E-state index in [1.54, 1.807) is 6.07 Å². The molecule has 0 atom stereocenters. The number of halogens is 1. The second-order valence-electron chi connectivity index (χ2n) is 9.25. The van der Waals surface area contributed by atoms with E-state index in [1.165, 1.54) is 19.3 Å². The molecule has 2 rings (SSSR count). The molecule has 0 N–H and O–H groups in total. The third-order valence-electron chi connectivity index (χ3n) is 5.94. The SMILES string of the molecule is CCCCCCCC(=O)Oc1c(OCCC)c(OCCC)c(OCCCCCC)c2cc(Cl)ccc12. The van der Waals surface area contributed by atoms with Gasteiger partial charge in [0.15, 0.2) is 11.5 Å². The van der Waals surface area contributed by atoms with Crippen LogP contribution >= 0.6 is 11.6 Å². The molecule has 6 heteroatoms. The molecule has 2 aromatic rings. The number of unbranched alkanes of at least 4 members (excludes halogenated alkanes) is 7. The topological polar surface area (TPSA) is 54.0 Å². The molecule has 0 unspecified atom stereocenters. The summed E-state index contributed by atoms with van der Waals surface area (Å²) in [5, 5.41) is 2.08. The molecule has 0 radical (unpaired) electrons. The predicted octanol–water partition coefficient (Wildman–Crippen LogP) is 9.30. The Labute approximate surface area is 222 Å². The van der Waals surface area contributed by atoms with Gasteiger partial charge in [-0.15, -0.1) is 0 Å². The summed E-state index contributed by atoms with van der Waals surface area (Å²) in [5.41, 5.74) is 0. The van der Waals surface area contributed by atoms with Gasteiger partial charge in [0.2, 0.25) is 11.5 Å². The number of carbonyl (C=O) groups excluding carboxylic acids is 1. The maximum Gasteiger partial charge on any atom is 0.311 e. The second kappa shape index (κ2) is 17.3. The highest BCUT2D eigenvalue weighted by Crippen LogP contribution is 2.52. The molecule has 0 aliphatic heterocycles. The Balaban J connectivity index is 2.49. The van der Waals surface area contributed by atoms with E-state index in [1.807, 2.05) is 19.1 Å². The number of rotatable bonds is 19. The van der Waals surface area contributed by atoms with E-state index in [4.69, 9.17) is 30.5 Å². The van der Waals surface area contributed by atoms with Gasteiger partial charge in [0, 0.05) is 22.2 Å². The van der Waals surface area contributed by atoms with Crippen molar-refractivity contribution in [2.75, 3.05) is 19.8 Å². The van der Waals surface area contributed by atoms with E-state index < -0.39 is 0 Å². The molecule has 2 aromatic carbocycles. The van der Waals surface area contributed by atoms with Crippen LogP contribution in [0.15, 0.2) is 18.2 Å². The van der Waals surface area contributed by atoms with Crippen molar-refractivity contribution in [1.29, 1.82) is 0 Å². The van der Waals surface area contributed by atoms with Crippen LogP contribution in [0, 0.1) is 0 Å². The number of esters is 1. The van der Waals surface area contributed by atoms with Crippen molar-refractivity contribution in [1.82, 2.24) is 0 Å². The van der Waals surface area contributed by atoms with Crippen LogP contribution in [0.2, 0.25) is 5.02 Å². The van der Waals surface area contributed by atoms with Gasteiger partial charge in [0.05, 0.1) is 19.8 Å². The van der Waals surface area contributed by atoms with Crippen molar-refractivity contribution < 1.29 is 23.7 Å². The Morgan fingerprint density at radius 3 is 1.86 bits per heavy atom. The van der Waals surface area contributed by atoms with Gasteiger partial charge in [-0.3, -0.25) is 4.79 Å². The number of carbonyl (C=O) groups is 1. The molecular weight excluding hydrogens is 476 g/mol. The highest BCUT2D eigenvalue weighted by molar-refractivity contribution is 6.31. The number of hydrogen-bond acceptors (Lipinski definition) is 5. The summed E-state index contributed by atoms with van der Waals surface area (Å²) < 4.78 is 24.7. The van der Waals surface area contributed by atoms with Crippen molar-refractivity contribution in [3.05, 3.63) is 23.2 Å². The van der Waals surface area contributed by atoms with E-state index >= 15 is 0 Å². The largest absolute Gasteiger partial charge is 0.489 e. The van der Waals surface area contributed by atoms with Crippen LogP contribution in [0.5, 0.6) is 23.0 Å². The van der Waals surface area contributed by atoms with E-state index in [0.29, 0.717) is 54.3 Å². The minimum absolute atomic E-state index is 0.265. The van der Waals surface area contributed by atoms with E-state index in [9.17, 15) is 4.79 Å². The summed E-state index contributed by atoms with van der Waals surface area (Å²) in [6, 6.07) is 5.52. The Bertz CT molecular complexity index is 927. The van der Waals surface area contributed by atoms with E-state index in [-0.39, 0.29) is 5.97 Å². The highest BCUT2D eigenvalue weighted by atomic mass is 35.5. The second-order valence-corrected chi connectivity index (χ2v) is 9.69. The van der Waals surface area contributed by atoms with Crippen LogP contribution in [0.3, 0.4) is 0 Å². The number of fused-ring (bicyclic) bond motifs is 1. The number of hydrogen-bond donors (Lipinski definition) is 0. The molecule has 0 aromatic heterocycles. The Morgan fingerprint density at radius 1 is 0.639 bits per heavy atom. The molecule has 0 spiro atoms. The summed E-state index contributed by atoms with van der Waals surface area (Å²) in [6.07, 6.45) is 11.7. The first-order valence-electron chi connectivity index (χ1n) is 13.9. The molecule has 0 fully saturated rings. The van der Waals surface area contributed by atoms with Gasteiger partial charge in [0.25, 0.3) is 0 Å². The molecule has 0 aliphatic rings. The lowest BCUT2D eigenvalue weighted by molar-refractivity contribution is -0.134. The van der Waals surface area contributed by atoms with Crippen molar-refractivity contribution in [3.8, 4) is 23.0 Å². The van der Waals surface area contributed by atoms with Crippen molar-refractivity contribution in [3.63, 3.8) is 0 Å². The van der Waals surface area contributed by atoms with Gasteiger partial charge in [-0.05, 0) is 43.9 Å². The van der Waals surface area contributed by atoms with Crippen LogP contribution in [-0.4, -0.2) is 25.8 Å². The molecule has 0 bridgehead atoms. The van der Waals surface area contributed by atoms with Crippen LogP contribution in [-0.2, 0) is 4.79 Å². The minimum atomic E-state index is -0.265. The van der Waals surface area contributed by atoms with Gasteiger partial charge in [-0.1, -0.05) is 84.2 Å². The number of benzene rings is 2. The molecule has 5 nitrogen and oxygen atoms in total. The molecule has 202 valence electrons. The lowest BCUT2D eigenvalue weighted by Crippen LogP contribution is -2.12. The average Bonchev–Trinajstić information content (AvgIpc) is 2.87. The Morgan fingerprint density at radius 2 is 1.22 bits per heavy atom. The monoisotopic (exact) mass is 520 g/mol. The number of ether oxygens (including phenoxy) is 4. The fraction of sp³-hybridized carbons (Fsp3) is 0.633. The molecule has 0 aliphatic carbocycles. The van der Waals surface area contributed by atoms with E-state index in [2.05, 4.69) is 20.8 Å². The first kappa shape index (κ1) is 30.1. The Hall–Kier alpha value is -2.14. The lowest BCUT2D eigenvalue weighted by Gasteiger charge is -2.22. The lowest BCUT2D eigenvalue weighted by atomic mass is 10.1. The van der Waals surface area contributed by atoms with Gasteiger partial charge in [-0.25, -0.2) is 0 Å². The average molecular weight is 521 g/mol. The van der Waals surface area contributed by atoms with Crippen molar-refractivity contribution in [2.45, 2.75) is 105 Å². The summed E-state index contributed by atoms with van der Waals surface area (Å²) >= 11 is 6.41. The van der Waals surface area contributed by atoms with Crippen LogP contribution in [0.25, 0.3) is 10.8 Å². The van der Waals surface area contributed by atoms with Crippen LogP contribution in [0.4, 0.5) is 0 Å². The summed E-state index contributed by atoms with van der Waals surface area (Å²) in [5.74, 6) is 1.64. The summed E-state index contributed by atoms with van der Waals surface area (Å²) in [4.78, 5) is 12.9. The van der Waals surface area contributed by atoms with Gasteiger partial charge < -0.3 is 18.9 Å². The zero-order valence-corrected chi connectivity index (χ0v) is 23.5.